The highest BCUT2D eigenvalue weighted by molar-refractivity contribution is 6.34. The fourth-order valence-electron chi connectivity index (χ4n) is 3.91. The number of halogens is 3. The Hall–Kier alpha value is -3.20. The van der Waals surface area contributed by atoms with Crippen molar-refractivity contribution in [3.63, 3.8) is 0 Å². The van der Waals surface area contributed by atoms with Crippen LogP contribution in [0.3, 0.4) is 0 Å². The third-order valence-electron chi connectivity index (χ3n) is 5.56. The van der Waals surface area contributed by atoms with Gasteiger partial charge in [-0.15, -0.1) is 0 Å². The molecule has 0 spiro atoms. The Balaban J connectivity index is 0.00000158. The number of benzene rings is 2. The molecule has 182 valence electrons. The molecule has 0 radical (unpaired) electrons. The Morgan fingerprint density at radius 2 is 1.82 bits per heavy atom. The first-order chi connectivity index (χ1) is 16.3. The molecule has 2 heterocycles. The summed E-state index contributed by atoms with van der Waals surface area (Å²) in [5, 5.41) is 13.3. The van der Waals surface area contributed by atoms with E-state index in [1.165, 1.54) is 18.2 Å². The molecule has 0 unspecified atom stereocenters. The SMILES string of the molecule is CC.CCC(=O)N1CCN(c2nc(NC)nc3c(F)c(-c4c(O)cccc4F)c(Cl)cc23)CC1. The maximum absolute atomic E-state index is 15.7. The van der Waals surface area contributed by atoms with E-state index >= 15 is 4.39 Å². The van der Waals surface area contributed by atoms with Crippen molar-refractivity contribution in [3.8, 4) is 16.9 Å². The van der Waals surface area contributed by atoms with Gasteiger partial charge in [0, 0.05) is 50.6 Å². The lowest BCUT2D eigenvalue weighted by atomic mass is 10.0. The van der Waals surface area contributed by atoms with Crippen LogP contribution in [0.25, 0.3) is 22.0 Å². The van der Waals surface area contributed by atoms with Crippen LogP contribution in [0, 0.1) is 11.6 Å². The fraction of sp³-hybridized carbons (Fsp3) is 0.375. The third-order valence-corrected chi connectivity index (χ3v) is 5.86. The predicted molar refractivity (Wildman–Crippen MR) is 132 cm³/mol. The fourth-order valence-corrected chi connectivity index (χ4v) is 4.20. The van der Waals surface area contributed by atoms with E-state index in [1.54, 1.807) is 11.9 Å². The Morgan fingerprint density at radius 1 is 1.15 bits per heavy atom. The van der Waals surface area contributed by atoms with Crippen LogP contribution in [-0.2, 0) is 4.79 Å². The second kappa shape index (κ2) is 10.8. The summed E-state index contributed by atoms with van der Waals surface area (Å²) in [6.45, 7) is 7.88. The number of rotatable bonds is 4. The molecule has 2 aromatic carbocycles. The quantitative estimate of drug-likeness (QED) is 0.531. The smallest absolute Gasteiger partial charge is 0.225 e. The van der Waals surface area contributed by atoms with Crippen LogP contribution < -0.4 is 10.2 Å². The van der Waals surface area contributed by atoms with Gasteiger partial charge in [0.05, 0.1) is 10.6 Å². The van der Waals surface area contributed by atoms with Gasteiger partial charge in [-0.1, -0.05) is 38.4 Å². The first-order valence-electron chi connectivity index (χ1n) is 11.2. The van der Waals surface area contributed by atoms with Crippen molar-refractivity contribution < 1.29 is 18.7 Å². The van der Waals surface area contributed by atoms with Crippen LogP contribution in [0.2, 0.25) is 5.02 Å². The minimum absolute atomic E-state index is 0.0477. The predicted octanol–water partition coefficient (Wildman–Crippen LogP) is 5.06. The number of carbonyl (C=O) groups is 1. The Bertz CT molecular complexity index is 1180. The first-order valence-corrected chi connectivity index (χ1v) is 11.6. The zero-order chi connectivity index (χ0) is 25.0. The zero-order valence-corrected chi connectivity index (χ0v) is 20.4. The summed E-state index contributed by atoms with van der Waals surface area (Å²) >= 11 is 6.39. The number of phenols is 1. The van der Waals surface area contributed by atoms with Crippen LogP contribution in [0.15, 0.2) is 24.3 Å². The largest absolute Gasteiger partial charge is 0.507 e. The minimum atomic E-state index is -0.854. The van der Waals surface area contributed by atoms with Gasteiger partial charge in [-0.3, -0.25) is 4.79 Å². The topological polar surface area (TPSA) is 81.6 Å². The maximum atomic E-state index is 15.7. The molecule has 0 atom stereocenters. The van der Waals surface area contributed by atoms with Gasteiger partial charge < -0.3 is 20.2 Å². The minimum Gasteiger partial charge on any atom is -0.507 e. The monoisotopic (exact) mass is 491 g/mol. The molecule has 1 aromatic heterocycles. The highest BCUT2D eigenvalue weighted by Crippen LogP contribution is 2.42. The Kier molecular flexibility index (Phi) is 8.09. The van der Waals surface area contributed by atoms with E-state index in [2.05, 4.69) is 15.3 Å². The number of amides is 1. The summed E-state index contributed by atoms with van der Waals surface area (Å²) in [7, 11) is 1.61. The average molecular weight is 492 g/mol. The van der Waals surface area contributed by atoms with Crippen molar-refractivity contribution in [2.24, 2.45) is 0 Å². The Morgan fingerprint density at radius 3 is 2.41 bits per heavy atom. The van der Waals surface area contributed by atoms with Crippen molar-refractivity contribution in [1.29, 1.82) is 0 Å². The van der Waals surface area contributed by atoms with Crippen LogP contribution >= 0.6 is 11.6 Å². The number of nitrogens with zero attached hydrogens (tertiary/aromatic N) is 4. The number of aromatic nitrogens is 2. The van der Waals surface area contributed by atoms with E-state index in [0.29, 0.717) is 43.8 Å². The number of carbonyl (C=O) groups excluding carboxylic acids is 1. The van der Waals surface area contributed by atoms with Crippen LogP contribution in [-0.4, -0.2) is 59.1 Å². The van der Waals surface area contributed by atoms with Gasteiger partial charge in [0.25, 0.3) is 0 Å². The van der Waals surface area contributed by atoms with E-state index in [9.17, 15) is 14.3 Å². The number of hydrogen-bond acceptors (Lipinski definition) is 6. The first kappa shape index (κ1) is 25.4. The van der Waals surface area contributed by atoms with Gasteiger partial charge in [-0.25, -0.2) is 13.8 Å². The van der Waals surface area contributed by atoms with Gasteiger partial charge >= 0.3 is 0 Å². The Labute approximate surface area is 202 Å². The number of fused-ring (bicyclic) bond motifs is 1. The van der Waals surface area contributed by atoms with Crippen LogP contribution in [0.1, 0.15) is 27.2 Å². The molecule has 3 aromatic rings. The molecule has 1 aliphatic rings. The van der Waals surface area contributed by atoms with Gasteiger partial charge in [0.1, 0.15) is 22.9 Å². The molecule has 1 saturated heterocycles. The van der Waals surface area contributed by atoms with Gasteiger partial charge in [-0.2, -0.15) is 4.98 Å². The molecule has 4 rings (SSSR count). The lowest BCUT2D eigenvalue weighted by molar-refractivity contribution is -0.131. The summed E-state index contributed by atoms with van der Waals surface area (Å²) < 4.78 is 30.2. The lowest BCUT2D eigenvalue weighted by Crippen LogP contribution is -2.49. The molecule has 0 bridgehead atoms. The zero-order valence-electron chi connectivity index (χ0n) is 19.6. The highest BCUT2D eigenvalue weighted by Gasteiger charge is 2.27. The van der Waals surface area contributed by atoms with E-state index in [0.717, 1.165) is 6.07 Å². The summed E-state index contributed by atoms with van der Waals surface area (Å²) in [5.41, 5.74) is -0.636. The van der Waals surface area contributed by atoms with Crippen molar-refractivity contribution >= 4 is 40.2 Å². The molecule has 10 heteroatoms. The molecular formula is C24H28ClF2N5O2. The summed E-state index contributed by atoms with van der Waals surface area (Å²) in [6, 6.07) is 5.19. The average Bonchev–Trinajstić information content (AvgIpc) is 2.86. The molecule has 7 nitrogen and oxygen atoms in total. The number of aromatic hydroxyl groups is 1. The lowest BCUT2D eigenvalue weighted by Gasteiger charge is -2.36. The van der Waals surface area contributed by atoms with Crippen molar-refractivity contribution in [3.05, 3.63) is 40.9 Å². The molecule has 1 fully saturated rings. The number of nitrogens with one attached hydrogen (secondary N) is 1. The summed E-state index contributed by atoms with van der Waals surface area (Å²) in [4.78, 5) is 24.5. The number of phenolic OH excluding ortho intramolecular Hbond substituents is 1. The number of piperazine rings is 1. The summed E-state index contributed by atoms with van der Waals surface area (Å²) in [5.74, 6) is -1.35. The van der Waals surface area contributed by atoms with E-state index in [-0.39, 0.29) is 33.5 Å². The third kappa shape index (κ3) is 4.70. The van der Waals surface area contributed by atoms with E-state index in [1.807, 2.05) is 25.7 Å². The van der Waals surface area contributed by atoms with Gasteiger partial charge in [0.15, 0.2) is 5.82 Å². The van der Waals surface area contributed by atoms with Gasteiger partial charge in [0.2, 0.25) is 11.9 Å². The van der Waals surface area contributed by atoms with Crippen LogP contribution in [0.5, 0.6) is 5.75 Å². The second-order valence-electron chi connectivity index (χ2n) is 7.42. The molecule has 0 aliphatic carbocycles. The second-order valence-corrected chi connectivity index (χ2v) is 7.83. The maximum Gasteiger partial charge on any atom is 0.225 e. The molecule has 34 heavy (non-hydrogen) atoms. The molecule has 1 amide bonds. The molecule has 0 saturated carbocycles. The van der Waals surface area contributed by atoms with E-state index in [4.69, 9.17) is 11.6 Å². The van der Waals surface area contributed by atoms with Gasteiger partial charge in [-0.05, 0) is 18.2 Å². The van der Waals surface area contributed by atoms with Crippen molar-refractivity contribution in [1.82, 2.24) is 14.9 Å². The molecule has 2 N–H and O–H groups in total. The number of anilines is 2. The molecular weight excluding hydrogens is 464 g/mol. The normalized spacial score (nSPS) is 13.5. The van der Waals surface area contributed by atoms with Crippen LogP contribution in [0.4, 0.5) is 20.5 Å². The molecule has 1 aliphatic heterocycles. The standard InChI is InChI=1S/C22H22ClF2N5O2.C2H6/c1-3-16(32)29-7-9-30(10-8-29)21-12-11-13(23)17(18-14(24)5-4-6-15(18)31)19(25)20(12)27-22(26-2)28-21;1-2/h4-6,11,31H,3,7-10H2,1-2H3,(H,26,27,28);1-2H3. The van der Waals surface area contributed by atoms with Crippen molar-refractivity contribution in [2.75, 3.05) is 43.4 Å². The highest BCUT2D eigenvalue weighted by atomic mass is 35.5. The van der Waals surface area contributed by atoms with E-state index < -0.39 is 17.4 Å². The number of hydrogen-bond donors (Lipinski definition) is 2. The van der Waals surface area contributed by atoms with Crippen molar-refractivity contribution in [2.45, 2.75) is 27.2 Å². The summed E-state index contributed by atoms with van der Waals surface area (Å²) in [6.07, 6.45) is 0.437.